The molecule has 2 heterocycles. The van der Waals surface area contributed by atoms with Gasteiger partial charge in [-0.2, -0.15) is 0 Å². The number of carbonyl (C=O) groups is 1. The Labute approximate surface area is 142 Å². The Morgan fingerprint density at radius 2 is 2.08 bits per heavy atom. The number of aromatic nitrogens is 1. The molecule has 1 aromatic heterocycles. The van der Waals surface area contributed by atoms with Crippen LogP contribution in [0, 0.1) is 5.92 Å². The molecule has 0 bridgehead atoms. The van der Waals surface area contributed by atoms with Crippen LogP contribution < -0.4 is 9.64 Å². The van der Waals surface area contributed by atoms with Gasteiger partial charge in [0.1, 0.15) is 0 Å². The van der Waals surface area contributed by atoms with Crippen molar-refractivity contribution in [1.82, 2.24) is 4.98 Å². The third-order valence-electron chi connectivity index (χ3n) is 4.88. The van der Waals surface area contributed by atoms with Crippen LogP contribution in [-0.2, 0) is 4.79 Å². The quantitative estimate of drug-likeness (QED) is 0.860. The minimum Gasteiger partial charge on any atom is -0.487 e. The summed E-state index contributed by atoms with van der Waals surface area (Å²) >= 11 is 0. The van der Waals surface area contributed by atoms with E-state index < -0.39 is 5.97 Å². The van der Waals surface area contributed by atoms with Gasteiger partial charge in [-0.3, -0.25) is 4.79 Å². The number of carboxylic acids is 1. The number of hydrogen-bond donors (Lipinski definition) is 2. The van der Waals surface area contributed by atoms with Gasteiger partial charge in [-0.25, -0.2) is 4.98 Å². The van der Waals surface area contributed by atoms with Crippen molar-refractivity contribution in [3.05, 3.63) is 17.8 Å². The van der Waals surface area contributed by atoms with Crippen LogP contribution in [0.2, 0.25) is 0 Å². The molecule has 6 nitrogen and oxygen atoms in total. The maximum atomic E-state index is 11.2. The van der Waals surface area contributed by atoms with E-state index in [1.54, 1.807) is 0 Å². The SMILES string of the molecule is CC(C)c1ccc(O[C@H]2CCC[C@H](C(=O)O)C2)c(N2CC(O)C2)n1. The molecular weight excluding hydrogens is 308 g/mol. The van der Waals surface area contributed by atoms with Crippen molar-refractivity contribution in [1.29, 1.82) is 0 Å². The summed E-state index contributed by atoms with van der Waals surface area (Å²) in [7, 11) is 0. The lowest BCUT2D eigenvalue weighted by atomic mass is 9.87. The Hall–Kier alpha value is -1.82. The summed E-state index contributed by atoms with van der Waals surface area (Å²) in [6, 6.07) is 3.91. The van der Waals surface area contributed by atoms with Crippen LogP contribution in [0.15, 0.2) is 12.1 Å². The number of rotatable bonds is 5. The lowest BCUT2D eigenvalue weighted by molar-refractivity contribution is -0.143. The summed E-state index contributed by atoms with van der Waals surface area (Å²) in [5.41, 5.74) is 0.991. The van der Waals surface area contributed by atoms with Crippen LogP contribution in [0.25, 0.3) is 0 Å². The highest BCUT2D eigenvalue weighted by Gasteiger charge is 2.32. The smallest absolute Gasteiger partial charge is 0.306 e. The first-order valence-electron chi connectivity index (χ1n) is 8.77. The predicted molar refractivity (Wildman–Crippen MR) is 90.6 cm³/mol. The maximum absolute atomic E-state index is 11.2. The monoisotopic (exact) mass is 334 g/mol. The van der Waals surface area contributed by atoms with E-state index in [9.17, 15) is 15.0 Å². The Kier molecular flexibility index (Phi) is 4.94. The zero-order valence-electron chi connectivity index (χ0n) is 14.3. The fraction of sp³-hybridized carbons (Fsp3) is 0.667. The molecule has 0 radical (unpaired) electrons. The first-order chi connectivity index (χ1) is 11.4. The Morgan fingerprint density at radius 1 is 1.33 bits per heavy atom. The zero-order chi connectivity index (χ0) is 17.3. The summed E-state index contributed by atoms with van der Waals surface area (Å²) in [6.45, 7) is 5.31. The minimum absolute atomic E-state index is 0.0866. The third kappa shape index (κ3) is 3.64. The largest absolute Gasteiger partial charge is 0.487 e. The number of carboxylic acid groups (broad SMARTS) is 1. The fourth-order valence-electron chi connectivity index (χ4n) is 3.37. The average molecular weight is 334 g/mol. The average Bonchev–Trinajstić information content (AvgIpc) is 2.52. The molecule has 2 fully saturated rings. The molecule has 24 heavy (non-hydrogen) atoms. The second-order valence-corrected chi connectivity index (χ2v) is 7.21. The molecule has 0 amide bonds. The predicted octanol–water partition coefficient (Wildman–Crippen LogP) is 2.41. The second-order valence-electron chi connectivity index (χ2n) is 7.21. The lowest BCUT2D eigenvalue weighted by Gasteiger charge is -2.38. The number of pyridine rings is 1. The molecule has 2 aliphatic rings. The topological polar surface area (TPSA) is 82.9 Å². The molecule has 1 aliphatic heterocycles. The normalized spacial score (nSPS) is 24.8. The van der Waals surface area contributed by atoms with Gasteiger partial charge < -0.3 is 19.8 Å². The zero-order valence-corrected chi connectivity index (χ0v) is 14.3. The highest BCUT2D eigenvalue weighted by Crippen LogP contribution is 2.35. The number of ether oxygens (including phenoxy) is 1. The van der Waals surface area contributed by atoms with Crippen LogP contribution in [0.4, 0.5) is 5.82 Å². The lowest BCUT2D eigenvalue weighted by Crippen LogP contribution is -2.51. The van der Waals surface area contributed by atoms with Gasteiger partial charge in [-0.05, 0) is 43.7 Å². The molecule has 3 rings (SSSR count). The Balaban J connectivity index is 1.77. The second kappa shape index (κ2) is 6.97. The van der Waals surface area contributed by atoms with Crippen molar-refractivity contribution in [2.24, 2.45) is 5.92 Å². The maximum Gasteiger partial charge on any atom is 0.306 e. The highest BCUT2D eigenvalue weighted by molar-refractivity contribution is 5.70. The van der Waals surface area contributed by atoms with Crippen molar-refractivity contribution in [2.45, 2.75) is 57.7 Å². The van der Waals surface area contributed by atoms with Gasteiger partial charge in [0.15, 0.2) is 11.6 Å². The van der Waals surface area contributed by atoms with Crippen LogP contribution >= 0.6 is 0 Å². The van der Waals surface area contributed by atoms with Crippen molar-refractivity contribution in [3.8, 4) is 5.75 Å². The molecular formula is C18H26N2O4. The molecule has 2 N–H and O–H groups in total. The molecule has 1 saturated heterocycles. The molecule has 1 aromatic rings. The Morgan fingerprint density at radius 3 is 2.71 bits per heavy atom. The van der Waals surface area contributed by atoms with Crippen LogP contribution in [-0.4, -0.2) is 46.5 Å². The first kappa shape index (κ1) is 17.0. The number of anilines is 1. The standard InChI is InChI=1S/C18H26N2O4/c1-11(2)15-6-7-16(17(19-15)20-9-13(21)10-20)24-14-5-3-4-12(8-14)18(22)23/h6-7,11-14,21H,3-5,8-10H2,1-2H3,(H,22,23)/t12-,14-/m0/s1. The number of hydrogen-bond acceptors (Lipinski definition) is 5. The molecule has 6 heteroatoms. The number of nitrogens with zero attached hydrogens (tertiary/aromatic N) is 2. The summed E-state index contributed by atoms with van der Waals surface area (Å²) in [5, 5.41) is 18.8. The minimum atomic E-state index is -0.734. The van der Waals surface area contributed by atoms with Crippen molar-refractivity contribution >= 4 is 11.8 Å². The van der Waals surface area contributed by atoms with Crippen molar-refractivity contribution in [2.75, 3.05) is 18.0 Å². The van der Waals surface area contributed by atoms with E-state index in [4.69, 9.17) is 9.72 Å². The molecule has 1 aliphatic carbocycles. The van der Waals surface area contributed by atoms with E-state index in [0.29, 0.717) is 31.2 Å². The Bertz CT molecular complexity index is 599. The molecule has 0 aromatic carbocycles. The third-order valence-corrected chi connectivity index (χ3v) is 4.88. The summed E-state index contributed by atoms with van der Waals surface area (Å²) in [4.78, 5) is 18.0. The summed E-state index contributed by atoms with van der Waals surface area (Å²) in [6.07, 6.45) is 2.62. The van der Waals surface area contributed by atoms with E-state index in [0.717, 1.165) is 30.8 Å². The molecule has 2 atom stereocenters. The van der Waals surface area contributed by atoms with E-state index in [1.807, 2.05) is 17.0 Å². The fourth-order valence-corrected chi connectivity index (χ4v) is 3.37. The molecule has 0 spiro atoms. The van der Waals surface area contributed by atoms with E-state index >= 15 is 0 Å². The van der Waals surface area contributed by atoms with Crippen molar-refractivity contribution < 1.29 is 19.7 Å². The molecule has 132 valence electrons. The number of β-amino-alcohol motifs (C(OH)–C–C–N with tert-alkyl or cyclic N) is 1. The van der Waals surface area contributed by atoms with Gasteiger partial charge >= 0.3 is 5.97 Å². The van der Waals surface area contributed by atoms with Gasteiger partial charge in [0.2, 0.25) is 0 Å². The van der Waals surface area contributed by atoms with E-state index in [-0.39, 0.29) is 18.1 Å². The van der Waals surface area contributed by atoms with Gasteiger partial charge in [0.05, 0.1) is 18.1 Å². The van der Waals surface area contributed by atoms with Gasteiger partial charge in [0.25, 0.3) is 0 Å². The highest BCUT2D eigenvalue weighted by atomic mass is 16.5. The van der Waals surface area contributed by atoms with E-state index in [2.05, 4.69) is 13.8 Å². The van der Waals surface area contributed by atoms with Crippen LogP contribution in [0.5, 0.6) is 5.75 Å². The number of aliphatic hydroxyl groups excluding tert-OH is 1. The van der Waals surface area contributed by atoms with Gasteiger partial charge in [-0.1, -0.05) is 13.8 Å². The number of aliphatic hydroxyl groups is 1. The molecule has 1 saturated carbocycles. The first-order valence-corrected chi connectivity index (χ1v) is 8.77. The van der Waals surface area contributed by atoms with E-state index in [1.165, 1.54) is 0 Å². The summed E-state index contributed by atoms with van der Waals surface area (Å²) < 4.78 is 6.14. The van der Waals surface area contributed by atoms with Crippen molar-refractivity contribution in [3.63, 3.8) is 0 Å². The summed E-state index contributed by atoms with van der Waals surface area (Å²) in [5.74, 6) is 0.727. The number of aliphatic carboxylic acids is 1. The van der Waals surface area contributed by atoms with Crippen LogP contribution in [0.3, 0.4) is 0 Å². The molecule has 0 unspecified atom stereocenters. The van der Waals surface area contributed by atoms with Gasteiger partial charge in [-0.15, -0.1) is 0 Å². The van der Waals surface area contributed by atoms with Gasteiger partial charge in [0, 0.05) is 18.8 Å². The van der Waals surface area contributed by atoms with Crippen LogP contribution in [0.1, 0.15) is 51.1 Å².